The van der Waals surface area contributed by atoms with E-state index in [1.165, 1.54) is 16.4 Å². The topological polar surface area (TPSA) is 66.5 Å². The van der Waals surface area contributed by atoms with Crippen LogP contribution in [0.25, 0.3) is 0 Å². The second-order valence-electron chi connectivity index (χ2n) is 8.40. The van der Waals surface area contributed by atoms with Gasteiger partial charge in [-0.3, -0.25) is 4.79 Å². The molecule has 4 rings (SSSR count). The van der Waals surface area contributed by atoms with Crippen LogP contribution in [0.1, 0.15) is 35.6 Å². The van der Waals surface area contributed by atoms with Crippen molar-refractivity contribution < 1.29 is 17.6 Å². The Balaban J connectivity index is 1.45. The quantitative estimate of drug-likeness (QED) is 0.584. The third-order valence-electron chi connectivity index (χ3n) is 6.07. The molecule has 0 aliphatic carbocycles. The number of piperidine rings is 1. The van der Waals surface area contributed by atoms with Gasteiger partial charge in [-0.2, -0.15) is 4.31 Å². The summed E-state index contributed by atoms with van der Waals surface area (Å²) in [7, 11) is -3.71. The summed E-state index contributed by atoms with van der Waals surface area (Å²) in [5, 5.41) is 3.19. The van der Waals surface area contributed by atoms with E-state index in [-0.39, 0.29) is 35.9 Å². The van der Waals surface area contributed by atoms with Crippen LogP contribution in [0.4, 0.5) is 4.39 Å². The molecule has 1 saturated heterocycles. The van der Waals surface area contributed by atoms with Gasteiger partial charge in [-0.25, -0.2) is 12.8 Å². The third-order valence-corrected chi connectivity index (χ3v) is 7.98. The Morgan fingerprint density at radius 2 is 1.58 bits per heavy atom. The van der Waals surface area contributed by atoms with E-state index < -0.39 is 15.8 Å². The minimum Gasteiger partial charge on any atom is -0.345 e. The number of rotatable bonds is 6. The maximum absolute atomic E-state index is 13.2. The average molecular weight is 467 g/mol. The molecule has 33 heavy (non-hydrogen) atoms. The van der Waals surface area contributed by atoms with E-state index in [0.717, 1.165) is 28.8 Å². The normalized spacial score (nSPS) is 16.3. The van der Waals surface area contributed by atoms with Gasteiger partial charge in [-0.05, 0) is 55.2 Å². The largest absolute Gasteiger partial charge is 0.345 e. The molecule has 1 N–H and O–H groups in total. The Hall–Kier alpha value is -3.03. The number of carbonyl (C=O) groups excluding carboxylic acids is 1. The second kappa shape index (κ2) is 9.85. The first-order valence-electron chi connectivity index (χ1n) is 11.0. The molecule has 5 nitrogen and oxygen atoms in total. The first kappa shape index (κ1) is 23.1. The summed E-state index contributed by atoms with van der Waals surface area (Å²) < 4.78 is 40.3. The molecule has 3 aromatic carbocycles. The van der Waals surface area contributed by atoms with Crippen LogP contribution in [-0.2, 0) is 14.8 Å². The Morgan fingerprint density at radius 3 is 2.21 bits per heavy atom. The van der Waals surface area contributed by atoms with Crippen LogP contribution in [0.5, 0.6) is 0 Å². The summed E-state index contributed by atoms with van der Waals surface area (Å²) >= 11 is 0. The highest BCUT2D eigenvalue weighted by atomic mass is 32.2. The summed E-state index contributed by atoms with van der Waals surface area (Å²) in [6, 6.07) is 22.4. The molecular formula is C26H27FN2O3S. The molecule has 0 saturated carbocycles. The van der Waals surface area contributed by atoms with E-state index in [9.17, 15) is 17.6 Å². The van der Waals surface area contributed by atoms with Crippen molar-refractivity contribution in [1.82, 2.24) is 9.62 Å². The SMILES string of the molecule is Cc1cccc([C@H](NC(=O)C2CCN(S(=O)(=O)c3ccc(F)cc3)CC2)c2ccccc2)c1. The zero-order valence-electron chi connectivity index (χ0n) is 18.4. The Bertz CT molecular complexity index is 1210. The number of nitrogens with zero attached hydrogens (tertiary/aromatic N) is 1. The Morgan fingerprint density at radius 1 is 0.939 bits per heavy atom. The summed E-state index contributed by atoms with van der Waals surface area (Å²) in [6.45, 7) is 2.52. The van der Waals surface area contributed by atoms with Crippen LogP contribution < -0.4 is 5.32 Å². The maximum Gasteiger partial charge on any atom is 0.243 e. The lowest BCUT2D eigenvalue weighted by molar-refractivity contribution is -0.126. The monoisotopic (exact) mass is 466 g/mol. The molecule has 0 unspecified atom stereocenters. The molecule has 0 radical (unpaired) electrons. The highest BCUT2D eigenvalue weighted by Gasteiger charge is 2.33. The van der Waals surface area contributed by atoms with Crippen molar-refractivity contribution in [2.75, 3.05) is 13.1 Å². The molecule has 7 heteroatoms. The number of aryl methyl sites for hydroxylation is 1. The van der Waals surface area contributed by atoms with Gasteiger partial charge in [0.1, 0.15) is 5.82 Å². The smallest absolute Gasteiger partial charge is 0.243 e. The lowest BCUT2D eigenvalue weighted by atomic mass is 9.93. The number of amides is 1. The summed E-state index contributed by atoms with van der Waals surface area (Å²) in [4.78, 5) is 13.2. The van der Waals surface area contributed by atoms with Crippen molar-refractivity contribution in [3.63, 3.8) is 0 Å². The van der Waals surface area contributed by atoms with Crippen molar-refractivity contribution in [1.29, 1.82) is 0 Å². The van der Waals surface area contributed by atoms with Crippen LogP contribution >= 0.6 is 0 Å². The third kappa shape index (κ3) is 5.31. The van der Waals surface area contributed by atoms with Crippen LogP contribution in [0.2, 0.25) is 0 Å². The fourth-order valence-electron chi connectivity index (χ4n) is 4.23. The van der Waals surface area contributed by atoms with Gasteiger partial charge in [0.2, 0.25) is 15.9 Å². The molecule has 1 fully saturated rings. The van der Waals surface area contributed by atoms with Crippen molar-refractivity contribution in [2.45, 2.75) is 30.7 Å². The Kier molecular flexibility index (Phi) is 6.91. The lowest BCUT2D eigenvalue weighted by Crippen LogP contribution is -2.43. The van der Waals surface area contributed by atoms with Crippen LogP contribution in [0.15, 0.2) is 83.8 Å². The zero-order valence-corrected chi connectivity index (χ0v) is 19.3. The van der Waals surface area contributed by atoms with E-state index >= 15 is 0 Å². The minimum absolute atomic E-state index is 0.0652. The molecule has 1 amide bonds. The fraction of sp³-hybridized carbons (Fsp3) is 0.269. The molecule has 1 atom stereocenters. The van der Waals surface area contributed by atoms with Gasteiger partial charge in [0.15, 0.2) is 0 Å². The van der Waals surface area contributed by atoms with Gasteiger partial charge in [0, 0.05) is 19.0 Å². The maximum atomic E-state index is 13.2. The standard InChI is InChI=1S/C26H27FN2O3S/c1-19-6-5-9-22(18-19)25(20-7-3-2-4-8-20)28-26(30)21-14-16-29(17-15-21)33(31,32)24-12-10-23(27)11-13-24/h2-13,18,21,25H,14-17H2,1H3,(H,28,30)/t25-/m1/s1. The number of nitrogens with one attached hydrogen (secondary N) is 1. The lowest BCUT2D eigenvalue weighted by Gasteiger charge is -2.31. The van der Waals surface area contributed by atoms with Crippen molar-refractivity contribution in [3.05, 3.63) is 101 Å². The van der Waals surface area contributed by atoms with E-state index in [4.69, 9.17) is 0 Å². The average Bonchev–Trinajstić information content (AvgIpc) is 2.83. The summed E-state index contributed by atoms with van der Waals surface area (Å²) in [5.41, 5.74) is 3.11. The van der Waals surface area contributed by atoms with Crippen LogP contribution in [0.3, 0.4) is 0 Å². The molecule has 0 spiro atoms. The summed E-state index contributed by atoms with van der Waals surface area (Å²) in [5.74, 6) is -0.837. The van der Waals surface area contributed by atoms with Gasteiger partial charge in [0.05, 0.1) is 10.9 Å². The van der Waals surface area contributed by atoms with Gasteiger partial charge in [-0.15, -0.1) is 0 Å². The van der Waals surface area contributed by atoms with Gasteiger partial charge in [-0.1, -0.05) is 60.2 Å². The molecule has 3 aromatic rings. The molecule has 172 valence electrons. The van der Waals surface area contributed by atoms with E-state index in [1.54, 1.807) is 0 Å². The molecule has 0 bridgehead atoms. The summed E-state index contributed by atoms with van der Waals surface area (Å²) in [6.07, 6.45) is 0.864. The number of benzene rings is 3. The first-order chi connectivity index (χ1) is 15.8. The number of hydrogen-bond donors (Lipinski definition) is 1. The number of hydrogen-bond acceptors (Lipinski definition) is 3. The highest BCUT2D eigenvalue weighted by molar-refractivity contribution is 7.89. The molecule has 1 aliphatic rings. The molecule has 1 heterocycles. The zero-order chi connectivity index (χ0) is 23.4. The van der Waals surface area contributed by atoms with Crippen LogP contribution in [-0.4, -0.2) is 31.7 Å². The number of halogens is 1. The molecule has 1 aliphatic heterocycles. The number of carbonyl (C=O) groups is 1. The van der Waals surface area contributed by atoms with Crippen molar-refractivity contribution >= 4 is 15.9 Å². The Labute approximate surface area is 194 Å². The minimum atomic E-state index is -3.71. The predicted octanol–water partition coefficient (Wildman–Crippen LogP) is 4.44. The van der Waals surface area contributed by atoms with Crippen molar-refractivity contribution in [2.24, 2.45) is 5.92 Å². The highest BCUT2D eigenvalue weighted by Crippen LogP contribution is 2.27. The van der Waals surface area contributed by atoms with Gasteiger partial charge < -0.3 is 5.32 Å². The molecule has 0 aromatic heterocycles. The fourth-order valence-corrected chi connectivity index (χ4v) is 5.70. The van der Waals surface area contributed by atoms with Gasteiger partial charge >= 0.3 is 0 Å². The van der Waals surface area contributed by atoms with E-state index in [1.807, 2.05) is 55.5 Å². The first-order valence-corrected chi connectivity index (χ1v) is 12.5. The second-order valence-corrected chi connectivity index (χ2v) is 10.3. The van der Waals surface area contributed by atoms with Crippen molar-refractivity contribution in [3.8, 4) is 0 Å². The van der Waals surface area contributed by atoms with E-state index in [0.29, 0.717) is 12.8 Å². The van der Waals surface area contributed by atoms with Gasteiger partial charge in [0.25, 0.3) is 0 Å². The van der Waals surface area contributed by atoms with Crippen LogP contribution in [0, 0.1) is 18.7 Å². The number of sulfonamides is 1. The molecular weight excluding hydrogens is 439 g/mol. The van der Waals surface area contributed by atoms with E-state index in [2.05, 4.69) is 11.4 Å². The predicted molar refractivity (Wildman–Crippen MR) is 125 cm³/mol.